The van der Waals surface area contributed by atoms with Crippen molar-refractivity contribution in [2.45, 2.75) is 25.3 Å². The van der Waals surface area contributed by atoms with Gasteiger partial charge in [0.25, 0.3) is 0 Å². The average molecular weight is 319 g/mol. The number of carbonyl (C=O) groups is 1. The Bertz CT molecular complexity index is 615. The minimum atomic E-state index is -0.283. The molecule has 3 rings (SSSR count). The van der Waals surface area contributed by atoms with Crippen LogP contribution < -0.4 is 10.2 Å². The van der Waals surface area contributed by atoms with Crippen molar-refractivity contribution in [3.8, 4) is 0 Å². The third-order valence-electron chi connectivity index (χ3n) is 3.85. The van der Waals surface area contributed by atoms with Crippen molar-refractivity contribution in [2.75, 3.05) is 18.0 Å². The van der Waals surface area contributed by atoms with E-state index >= 15 is 0 Å². The molecule has 0 aliphatic carbocycles. The Hall–Kier alpha value is -1.95. The third kappa shape index (κ3) is 3.62. The third-order valence-corrected chi connectivity index (χ3v) is 4.66. The molecule has 1 aromatic carbocycles. The van der Waals surface area contributed by atoms with E-state index < -0.39 is 0 Å². The van der Waals surface area contributed by atoms with E-state index in [-0.39, 0.29) is 18.1 Å². The first-order chi connectivity index (χ1) is 10.7. The van der Waals surface area contributed by atoms with Crippen molar-refractivity contribution < 1.29 is 9.18 Å². The molecule has 4 nitrogen and oxygen atoms in total. The van der Waals surface area contributed by atoms with Crippen molar-refractivity contribution in [1.82, 2.24) is 10.3 Å². The second-order valence-electron chi connectivity index (χ2n) is 5.41. The van der Waals surface area contributed by atoms with E-state index in [1.807, 2.05) is 11.6 Å². The molecule has 1 unspecified atom stereocenters. The Labute approximate surface area is 133 Å². The van der Waals surface area contributed by atoms with Crippen LogP contribution in [0.1, 0.15) is 18.4 Å². The lowest BCUT2D eigenvalue weighted by Crippen LogP contribution is -2.40. The van der Waals surface area contributed by atoms with E-state index in [0.717, 1.165) is 30.1 Å². The Balaban J connectivity index is 1.51. The first kappa shape index (κ1) is 15.0. The van der Waals surface area contributed by atoms with Crippen LogP contribution in [0.15, 0.2) is 35.8 Å². The molecule has 0 saturated carbocycles. The van der Waals surface area contributed by atoms with Gasteiger partial charge in [-0.05, 0) is 30.5 Å². The number of carbonyl (C=O) groups excluding carboxylic acids is 1. The molecule has 1 N–H and O–H groups in total. The van der Waals surface area contributed by atoms with Crippen LogP contribution in [-0.2, 0) is 11.2 Å². The number of hydrogen-bond donors (Lipinski definition) is 1. The van der Waals surface area contributed by atoms with Crippen LogP contribution >= 0.6 is 11.3 Å². The topological polar surface area (TPSA) is 45.2 Å². The summed E-state index contributed by atoms with van der Waals surface area (Å²) < 4.78 is 12.8. The van der Waals surface area contributed by atoms with Crippen LogP contribution in [0.3, 0.4) is 0 Å². The Morgan fingerprint density at radius 3 is 2.95 bits per heavy atom. The first-order valence-electron chi connectivity index (χ1n) is 7.39. The number of aromatic nitrogens is 1. The number of anilines is 1. The molecule has 1 saturated heterocycles. The monoisotopic (exact) mass is 319 g/mol. The highest BCUT2D eigenvalue weighted by Crippen LogP contribution is 2.26. The molecule has 0 radical (unpaired) electrons. The minimum Gasteiger partial charge on any atom is -0.354 e. The van der Waals surface area contributed by atoms with Crippen molar-refractivity contribution in [2.24, 2.45) is 0 Å². The predicted molar refractivity (Wildman–Crippen MR) is 85.6 cm³/mol. The van der Waals surface area contributed by atoms with Crippen LogP contribution in [0.25, 0.3) is 0 Å². The molecule has 22 heavy (non-hydrogen) atoms. The molecule has 1 aliphatic rings. The molecule has 2 heterocycles. The van der Waals surface area contributed by atoms with E-state index in [0.29, 0.717) is 12.6 Å². The molecule has 6 heteroatoms. The number of amides is 1. The maximum Gasteiger partial charge on any atom is 0.224 e. The number of thiazole rings is 1. The van der Waals surface area contributed by atoms with Gasteiger partial charge in [-0.25, -0.2) is 9.37 Å². The van der Waals surface area contributed by atoms with Gasteiger partial charge in [0.1, 0.15) is 5.82 Å². The summed E-state index contributed by atoms with van der Waals surface area (Å²) in [5.41, 5.74) is 0.821. The molecule has 116 valence electrons. The van der Waals surface area contributed by atoms with E-state index in [4.69, 9.17) is 0 Å². The molecule has 0 bridgehead atoms. The molecular formula is C16H18FN3OS. The number of benzene rings is 1. The fourth-order valence-electron chi connectivity index (χ4n) is 2.74. The maximum absolute atomic E-state index is 12.8. The number of hydrogen-bond acceptors (Lipinski definition) is 4. The molecule has 0 spiro atoms. The SMILES string of the molecule is O=C(Cc1ccc(F)cc1)NCC1CCCN1c1nccs1. The van der Waals surface area contributed by atoms with Crippen molar-refractivity contribution >= 4 is 22.4 Å². The van der Waals surface area contributed by atoms with Crippen LogP contribution in [0.5, 0.6) is 0 Å². The van der Waals surface area contributed by atoms with E-state index in [1.165, 1.54) is 12.1 Å². The van der Waals surface area contributed by atoms with Gasteiger partial charge in [-0.15, -0.1) is 11.3 Å². The first-order valence-corrected chi connectivity index (χ1v) is 8.27. The average Bonchev–Trinajstić information content (AvgIpc) is 3.18. The Kier molecular flexibility index (Phi) is 4.68. The van der Waals surface area contributed by atoms with Crippen LogP contribution in [0.4, 0.5) is 9.52 Å². The largest absolute Gasteiger partial charge is 0.354 e. The van der Waals surface area contributed by atoms with Gasteiger partial charge in [0.15, 0.2) is 5.13 Å². The number of halogens is 1. The predicted octanol–water partition coefficient (Wildman–Crippen LogP) is 2.61. The van der Waals surface area contributed by atoms with Crippen molar-refractivity contribution in [3.63, 3.8) is 0 Å². The number of rotatable bonds is 5. The summed E-state index contributed by atoms with van der Waals surface area (Å²) in [5.74, 6) is -0.313. The van der Waals surface area contributed by atoms with Gasteiger partial charge in [0, 0.05) is 30.7 Å². The zero-order valence-electron chi connectivity index (χ0n) is 12.2. The summed E-state index contributed by atoms with van der Waals surface area (Å²) in [4.78, 5) is 18.6. The van der Waals surface area contributed by atoms with Crippen LogP contribution in [-0.4, -0.2) is 30.0 Å². The standard InChI is InChI=1S/C16H18FN3OS/c17-13-5-3-12(4-6-13)10-15(21)19-11-14-2-1-8-20(14)16-18-7-9-22-16/h3-7,9,14H,1-2,8,10-11H2,(H,19,21). The quantitative estimate of drug-likeness (QED) is 0.921. The summed E-state index contributed by atoms with van der Waals surface area (Å²) in [7, 11) is 0. The maximum atomic E-state index is 12.8. The van der Waals surface area contributed by atoms with Gasteiger partial charge in [0.05, 0.1) is 6.42 Å². The smallest absolute Gasteiger partial charge is 0.224 e. The van der Waals surface area contributed by atoms with Gasteiger partial charge in [-0.2, -0.15) is 0 Å². The molecule has 1 aromatic heterocycles. The lowest BCUT2D eigenvalue weighted by atomic mass is 10.1. The van der Waals surface area contributed by atoms with Gasteiger partial charge in [-0.1, -0.05) is 12.1 Å². The number of nitrogens with one attached hydrogen (secondary N) is 1. The number of nitrogens with zero attached hydrogens (tertiary/aromatic N) is 2. The highest BCUT2D eigenvalue weighted by molar-refractivity contribution is 7.13. The summed E-state index contributed by atoms with van der Waals surface area (Å²) in [6.07, 6.45) is 4.28. The Morgan fingerprint density at radius 1 is 1.41 bits per heavy atom. The minimum absolute atomic E-state index is 0.0300. The van der Waals surface area contributed by atoms with E-state index in [1.54, 1.807) is 23.5 Å². The van der Waals surface area contributed by atoms with Gasteiger partial charge >= 0.3 is 0 Å². The van der Waals surface area contributed by atoms with E-state index in [9.17, 15) is 9.18 Å². The zero-order chi connectivity index (χ0) is 15.4. The van der Waals surface area contributed by atoms with Crippen LogP contribution in [0.2, 0.25) is 0 Å². The second kappa shape index (κ2) is 6.87. The highest BCUT2D eigenvalue weighted by Gasteiger charge is 2.26. The fraction of sp³-hybridized carbons (Fsp3) is 0.375. The molecule has 1 aliphatic heterocycles. The molecule has 2 aromatic rings. The zero-order valence-corrected chi connectivity index (χ0v) is 13.0. The fourth-order valence-corrected chi connectivity index (χ4v) is 3.48. The summed E-state index contributed by atoms with van der Waals surface area (Å²) in [5, 5.41) is 5.98. The van der Waals surface area contributed by atoms with Crippen molar-refractivity contribution in [1.29, 1.82) is 0 Å². The normalized spacial score (nSPS) is 17.7. The molecule has 1 atom stereocenters. The Morgan fingerprint density at radius 2 is 2.23 bits per heavy atom. The molecular weight excluding hydrogens is 301 g/mol. The lowest BCUT2D eigenvalue weighted by Gasteiger charge is -2.24. The lowest BCUT2D eigenvalue weighted by molar-refractivity contribution is -0.120. The van der Waals surface area contributed by atoms with Gasteiger partial charge < -0.3 is 10.2 Å². The van der Waals surface area contributed by atoms with Gasteiger partial charge in [-0.3, -0.25) is 4.79 Å². The van der Waals surface area contributed by atoms with Crippen LogP contribution in [0, 0.1) is 5.82 Å². The molecule has 1 fully saturated rings. The van der Waals surface area contributed by atoms with Crippen molar-refractivity contribution in [3.05, 3.63) is 47.2 Å². The summed E-state index contributed by atoms with van der Waals surface area (Å²) >= 11 is 1.63. The molecule has 1 amide bonds. The second-order valence-corrected chi connectivity index (χ2v) is 6.28. The highest BCUT2D eigenvalue weighted by atomic mass is 32.1. The van der Waals surface area contributed by atoms with E-state index in [2.05, 4.69) is 15.2 Å². The van der Waals surface area contributed by atoms with Gasteiger partial charge in [0.2, 0.25) is 5.91 Å². The summed E-state index contributed by atoms with van der Waals surface area (Å²) in [6.45, 7) is 1.62. The summed E-state index contributed by atoms with van der Waals surface area (Å²) in [6, 6.07) is 6.36.